The molecule has 0 amide bonds. The predicted molar refractivity (Wildman–Crippen MR) is 122 cm³/mol. The summed E-state index contributed by atoms with van der Waals surface area (Å²) in [6.07, 6.45) is 0.886. The second-order valence-corrected chi connectivity index (χ2v) is 8.13. The number of ether oxygens (including phenoxy) is 1. The molecule has 0 saturated carbocycles. The van der Waals surface area contributed by atoms with Crippen molar-refractivity contribution >= 4 is 49.0 Å². The maximum atomic E-state index is 5.92. The van der Waals surface area contributed by atoms with Crippen molar-refractivity contribution in [2.45, 2.75) is 19.9 Å². The van der Waals surface area contributed by atoms with E-state index in [1.165, 1.54) is 5.56 Å². The molecule has 0 unspecified atom stereocenters. The van der Waals surface area contributed by atoms with Crippen LogP contribution >= 0.6 is 15.9 Å². The highest BCUT2D eigenvalue weighted by molar-refractivity contribution is 9.10. The number of halogens is 1. The summed E-state index contributed by atoms with van der Waals surface area (Å²) < 4.78 is 9.22. The molecule has 2 heterocycles. The third kappa shape index (κ3) is 3.47. The van der Waals surface area contributed by atoms with Crippen molar-refractivity contribution in [1.82, 2.24) is 14.5 Å². The van der Waals surface area contributed by atoms with Crippen LogP contribution in [0.2, 0.25) is 0 Å². The normalized spacial score (nSPS) is 11.5. The predicted octanol–water partition coefficient (Wildman–Crippen LogP) is 6.28. The molecule has 0 aliphatic heterocycles. The molecular weight excluding hydrogens is 426 g/mol. The summed E-state index contributed by atoms with van der Waals surface area (Å²) in [5.41, 5.74) is 6.08. The number of nitrogens with zero attached hydrogens (tertiary/aromatic N) is 3. The van der Waals surface area contributed by atoms with Gasteiger partial charge in [0, 0.05) is 16.4 Å². The molecule has 4 nitrogen and oxygen atoms in total. The molecule has 5 aromatic rings. The molecule has 2 aromatic heterocycles. The highest BCUT2D eigenvalue weighted by atomic mass is 79.9. The van der Waals surface area contributed by atoms with E-state index in [0.29, 0.717) is 6.61 Å². The number of para-hydroxylation sites is 2. The van der Waals surface area contributed by atoms with Crippen molar-refractivity contribution in [1.29, 1.82) is 0 Å². The molecule has 0 atom stereocenters. The number of fused-ring (bicyclic) bond motifs is 4. The summed E-state index contributed by atoms with van der Waals surface area (Å²) in [6.45, 7) is 3.55. The summed E-state index contributed by atoms with van der Waals surface area (Å²) in [7, 11) is 0. The first-order valence-corrected chi connectivity index (χ1v) is 10.5. The number of hydrogen-bond acceptors (Lipinski definition) is 3. The second-order valence-electron chi connectivity index (χ2n) is 7.21. The van der Waals surface area contributed by atoms with Gasteiger partial charge >= 0.3 is 0 Å². The number of aromatic nitrogens is 3. The van der Waals surface area contributed by atoms with E-state index in [2.05, 4.69) is 57.8 Å². The van der Waals surface area contributed by atoms with Crippen molar-refractivity contribution < 1.29 is 4.74 Å². The van der Waals surface area contributed by atoms with Crippen LogP contribution in [-0.4, -0.2) is 21.1 Å². The molecule has 5 heteroatoms. The van der Waals surface area contributed by atoms with E-state index in [1.807, 2.05) is 36.4 Å². The Balaban J connectivity index is 1.49. The number of rotatable bonds is 5. The van der Waals surface area contributed by atoms with Gasteiger partial charge in [-0.05, 0) is 55.8 Å². The van der Waals surface area contributed by atoms with Crippen LogP contribution in [0.3, 0.4) is 0 Å². The van der Waals surface area contributed by atoms with Gasteiger partial charge in [0.1, 0.15) is 11.3 Å². The highest BCUT2D eigenvalue weighted by Crippen LogP contribution is 2.30. The van der Waals surface area contributed by atoms with E-state index in [4.69, 9.17) is 14.7 Å². The summed E-state index contributed by atoms with van der Waals surface area (Å²) in [5.74, 6) is 0.910. The first kappa shape index (κ1) is 18.1. The lowest BCUT2D eigenvalue weighted by Gasteiger charge is -2.09. The standard InChI is InChI=1S/C24H20BrN3O/c1-16-7-10-18(11-8-16)29-14-4-13-28-22-12-9-17(25)15-19(22)23-24(28)27-21-6-3-2-5-20(21)26-23/h2-3,5-12,15H,4,13-14H2,1H3. The Morgan fingerprint density at radius 3 is 2.48 bits per heavy atom. The smallest absolute Gasteiger partial charge is 0.160 e. The minimum absolute atomic E-state index is 0.655. The van der Waals surface area contributed by atoms with Crippen LogP contribution < -0.4 is 4.74 Å². The SMILES string of the molecule is Cc1ccc(OCCCn2c3ccc(Br)cc3c3nc4ccccc4nc32)cc1. The average molecular weight is 446 g/mol. The largest absolute Gasteiger partial charge is 0.494 e. The molecule has 0 N–H and O–H groups in total. The summed E-state index contributed by atoms with van der Waals surface area (Å²) in [6, 6.07) is 22.5. The quantitative estimate of drug-likeness (QED) is 0.299. The highest BCUT2D eigenvalue weighted by Gasteiger charge is 2.14. The molecule has 0 fully saturated rings. The van der Waals surface area contributed by atoms with Gasteiger partial charge in [-0.15, -0.1) is 0 Å². The van der Waals surface area contributed by atoms with Crippen molar-refractivity contribution in [3.05, 3.63) is 76.8 Å². The third-order valence-electron chi connectivity index (χ3n) is 5.13. The van der Waals surface area contributed by atoms with Gasteiger partial charge in [0.2, 0.25) is 0 Å². The van der Waals surface area contributed by atoms with Gasteiger partial charge in [-0.3, -0.25) is 0 Å². The van der Waals surface area contributed by atoms with Crippen molar-refractivity contribution in [3.63, 3.8) is 0 Å². The van der Waals surface area contributed by atoms with Crippen LogP contribution in [0.4, 0.5) is 0 Å². The Morgan fingerprint density at radius 2 is 1.69 bits per heavy atom. The van der Waals surface area contributed by atoms with Crippen LogP contribution in [0.15, 0.2) is 71.2 Å². The first-order chi connectivity index (χ1) is 14.2. The Bertz CT molecular complexity index is 1330. The Kier molecular flexibility index (Phi) is 4.68. The molecule has 5 rings (SSSR count). The summed E-state index contributed by atoms with van der Waals surface area (Å²) in [5, 5.41) is 1.12. The second kappa shape index (κ2) is 7.48. The molecule has 29 heavy (non-hydrogen) atoms. The minimum Gasteiger partial charge on any atom is -0.494 e. The first-order valence-electron chi connectivity index (χ1n) is 9.73. The van der Waals surface area contributed by atoms with Crippen molar-refractivity contribution in [2.24, 2.45) is 0 Å². The van der Waals surface area contributed by atoms with E-state index in [9.17, 15) is 0 Å². The lowest BCUT2D eigenvalue weighted by Crippen LogP contribution is -2.05. The van der Waals surface area contributed by atoms with Crippen LogP contribution in [0, 0.1) is 6.92 Å². The van der Waals surface area contributed by atoms with Gasteiger partial charge in [-0.25, -0.2) is 9.97 Å². The fourth-order valence-corrected chi connectivity index (χ4v) is 4.04. The molecule has 0 aliphatic carbocycles. The summed E-state index contributed by atoms with van der Waals surface area (Å²) >= 11 is 3.59. The Morgan fingerprint density at radius 1 is 0.931 bits per heavy atom. The van der Waals surface area contributed by atoms with Crippen molar-refractivity contribution in [3.8, 4) is 5.75 Å². The van der Waals surface area contributed by atoms with Crippen LogP contribution in [0.1, 0.15) is 12.0 Å². The van der Waals surface area contributed by atoms with Crippen molar-refractivity contribution in [2.75, 3.05) is 6.61 Å². The molecule has 144 valence electrons. The van der Waals surface area contributed by atoms with E-state index >= 15 is 0 Å². The zero-order chi connectivity index (χ0) is 19.8. The minimum atomic E-state index is 0.655. The zero-order valence-electron chi connectivity index (χ0n) is 16.1. The molecule has 0 bridgehead atoms. The van der Waals surface area contributed by atoms with Gasteiger partial charge in [0.25, 0.3) is 0 Å². The van der Waals surface area contributed by atoms with Crippen LogP contribution in [0.5, 0.6) is 5.75 Å². The zero-order valence-corrected chi connectivity index (χ0v) is 17.7. The van der Waals surface area contributed by atoms with E-state index in [1.54, 1.807) is 0 Å². The van der Waals surface area contributed by atoms with Crippen LogP contribution in [0.25, 0.3) is 33.1 Å². The molecule has 0 radical (unpaired) electrons. The van der Waals surface area contributed by atoms with Gasteiger partial charge < -0.3 is 9.30 Å². The third-order valence-corrected chi connectivity index (χ3v) is 5.62. The lowest BCUT2D eigenvalue weighted by atomic mass is 10.2. The number of hydrogen-bond donors (Lipinski definition) is 0. The van der Waals surface area contributed by atoms with Crippen LogP contribution in [-0.2, 0) is 6.54 Å². The average Bonchev–Trinajstić information content (AvgIpc) is 3.03. The monoisotopic (exact) mass is 445 g/mol. The molecule has 0 saturated heterocycles. The number of aryl methyl sites for hydroxylation is 2. The lowest BCUT2D eigenvalue weighted by molar-refractivity contribution is 0.303. The van der Waals surface area contributed by atoms with Gasteiger partial charge in [-0.2, -0.15) is 0 Å². The van der Waals surface area contributed by atoms with Gasteiger partial charge in [0.15, 0.2) is 5.65 Å². The summed E-state index contributed by atoms with van der Waals surface area (Å²) in [4.78, 5) is 9.85. The van der Waals surface area contributed by atoms with Gasteiger partial charge in [0.05, 0.1) is 23.2 Å². The molecule has 3 aromatic carbocycles. The van der Waals surface area contributed by atoms with Gasteiger partial charge in [-0.1, -0.05) is 45.8 Å². The number of benzene rings is 3. The molecule has 0 aliphatic rings. The maximum Gasteiger partial charge on any atom is 0.160 e. The molecular formula is C24H20BrN3O. The molecule has 0 spiro atoms. The Labute approximate surface area is 177 Å². The Hall–Kier alpha value is -2.92. The van der Waals surface area contributed by atoms with E-state index in [0.717, 1.165) is 56.3 Å². The fraction of sp³-hybridized carbons (Fsp3) is 0.167. The topological polar surface area (TPSA) is 39.9 Å². The van der Waals surface area contributed by atoms with E-state index in [-0.39, 0.29) is 0 Å². The maximum absolute atomic E-state index is 5.92. The fourth-order valence-electron chi connectivity index (χ4n) is 3.68. The van der Waals surface area contributed by atoms with E-state index < -0.39 is 0 Å².